The quantitative estimate of drug-likeness (QED) is 0.678. The van der Waals surface area contributed by atoms with E-state index in [0.29, 0.717) is 6.61 Å². The molecule has 2 aromatic rings. The van der Waals surface area contributed by atoms with Crippen molar-refractivity contribution in [2.45, 2.75) is 6.61 Å². The van der Waals surface area contributed by atoms with Crippen LogP contribution in [0.3, 0.4) is 0 Å². The Balaban J connectivity index is 2.01. The molecule has 16 heavy (non-hydrogen) atoms. The molecule has 1 aliphatic rings. The van der Waals surface area contributed by atoms with Crippen LogP contribution in [0.4, 0.5) is 0 Å². The molecule has 0 atom stereocenters. The largest absolute Gasteiger partial charge is 0.423 e. The summed E-state index contributed by atoms with van der Waals surface area (Å²) in [5.41, 5.74) is 3.71. The SMILES string of the molecule is Clc1ccc(B2OCc3ccccc32)cc1. The molecule has 0 saturated heterocycles. The van der Waals surface area contributed by atoms with E-state index in [-0.39, 0.29) is 6.92 Å². The van der Waals surface area contributed by atoms with E-state index >= 15 is 0 Å². The van der Waals surface area contributed by atoms with Gasteiger partial charge in [-0.05, 0) is 28.6 Å². The molecule has 3 rings (SSSR count). The second-order valence-electron chi connectivity index (χ2n) is 3.94. The molecule has 0 saturated carbocycles. The Labute approximate surface area is 100 Å². The van der Waals surface area contributed by atoms with E-state index in [1.807, 2.05) is 30.3 Å². The first-order valence-corrected chi connectivity index (χ1v) is 5.67. The highest BCUT2D eigenvalue weighted by Crippen LogP contribution is 2.11. The lowest BCUT2D eigenvalue weighted by atomic mass is 9.56. The van der Waals surface area contributed by atoms with Gasteiger partial charge in [0, 0.05) is 5.02 Å². The Morgan fingerprint density at radius 2 is 1.75 bits per heavy atom. The number of hydrogen-bond donors (Lipinski definition) is 0. The van der Waals surface area contributed by atoms with E-state index in [4.69, 9.17) is 16.3 Å². The van der Waals surface area contributed by atoms with Crippen molar-refractivity contribution in [1.82, 2.24) is 0 Å². The van der Waals surface area contributed by atoms with Crippen molar-refractivity contribution in [1.29, 1.82) is 0 Å². The van der Waals surface area contributed by atoms with Crippen LogP contribution in [0.5, 0.6) is 0 Å². The van der Waals surface area contributed by atoms with Gasteiger partial charge in [0.1, 0.15) is 0 Å². The van der Waals surface area contributed by atoms with Crippen molar-refractivity contribution in [2.24, 2.45) is 0 Å². The standard InChI is InChI=1S/C13H10BClO/c15-12-7-5-11(6-8-12)14-13-4-2-1-3-10(13)9-16-14/h1-8H,9H2. The van der Waals surface area contributed by atoms with Gasteiger partial charge in [-0.2, -0.15) is 0 Å². The maximum absolute atomic E-state index is 5.88. The van der Waals surface area contributed by atoms with Gasteiger partial charge in [0.15, 0.2) is 0 Å². The van der Waals surface area contributed by atoms with Crippen molar-refractivity contribution >= 4 is 29.4 Å². The van der Waals surface area contributed by atoms with E-state index in [1.54, 1.807) is 0 Å². The maximum atomic E-state index is 5.88. The topological polar surface area (TPSA) is 9.23 Å². The molecule has 0 bridgehead atoms. The molecule has 1 heterocycles. The Kier molecular flexibility index (Phi) is 2.46. The van der Waals surface area contributed by atoms with Crippen LogP contribution in [-0.4, -0.2) is 6.92 Å². The minimum Gasteiger partial charge on any atom is -0.423 e. The van der Waals surface area contributed by atoms with Crippen LogP contribution < -0.4 is 10.9 Å². The van der Waals surface area contributed by atoms with Gasteiger partial charge >= 0.3 is 6.92 Å². The van der Waals surface area contributed by atoms with Gasteiger partial charge in [0.2, 0.25) is 0 Å². The molecule has 1 aliphatic heterocycles. The van der Waals surface area contributed by atoms with Crippen molar-refractivity contribution < 1.29 is 4.65 Å². The van der Waals surface area contributed by atoms with Gasteiger partial charge in [0.05, 0.1) is 6.61 Å². The molecule has 0 aliphatic carbocycles. The first-order chi connectivity index (χ1) is 7.84. The summed E-state index contributed by atoms with van der Waals surface area (Å²) in [5.74, 6) is 0. The second-order valence-corrected chi connectivity index (χ2v) is 4.38. The summed E-state index contributed by atoms with van der Waals surface area (Å²) in [6, 6.07) is 16.2. The number of hydrogen-bond acceptors (Lipinski definition) is 1. The van der Waals surface area contributed by atoms with Crippen LogP contribution >= 0.6 is 11.6 Å². The Bertz CT molecular complexity index is 510. The smallest absolute Gasteiger partial charge is 0.362 e. The zero-order valence-electron chi connectivity index (χ0n) is 8.69. The fraction of sp³-hybridized carbons (Fsp3) is 0.0769. The van der Waals surface area contributed by atoms with Crippen molar-refractivity contribution in [2.75, 3.05) is 0 Å². The van der Waals surface area contributed by atoms with Crippen LogP contribution in [0.25, 0.3) is 0 Å². The monoisotopic (exact) mass is 228 g/mol. The lowest BCUT2D eigenvalue weighted by molar-refractivity contribution is 0.337. The third-order valence-electron chi connectivity index (χ3n) is 2.92. The molecule has 0 aromatic heterocycles. The van der Waals surface area contributed by atoms with Crippen LogP contribution in [0.2, 0.25) is 5.02 Å². The van der Waals surface area contributed by atoms with Crippen LogP contribution in [-0.2, 0) is 11.3 Å². The lowest BCUT2D eigenvalue weighted by Crippen LogP contribution is -2.40. The second kappa shape index (κ2) is 3.97. The zero-order valence-corrected chi connectivity index (χ0v) is 9.45. The third-order valence-corrected chi connectivity index (χ3v) is 3.17. The molecule has 0 fully saturated rings. The fourth-order valence-electron chi connectivity index (χ4n) is 2.10. The lowest BCUT2D eigenvalue weighted by Gasteiger charge is -2.06. The Morgan fingerprint density at radius 3 is 2.56 bits per heavy atom. The zero-order chi connectivity index (χ0) is 11.0. The summed E-state index contributed by atoms with van der Waals surface area (Å²) in [4.78, 5) is 0. The number of fused-ring (bicyclic) bond motifs is 1. The summed E-state index contributed by atoms with van der Waals surface area (Å²) < 4.78 is 5.81. The maximum Gasteiger partial charge on any atom is 0.362 e. The normalized spacial score (nSPS) is 13.9. The average molecular weight is 228 g/mol. The highest BCUT2D eigenvalue weighted by Gasteiger charge is 2.29. The molecule has 0 radical (unpaired) electrons. The van der Waals surface area contributed by atoms with Crippen LogP contribution in [0.15, 0.2) is 48.5 Å². The molecule has 0 amide bonds. The van der Waals surface area contributed by atoms with E-state index in [9.17, 15) is 0 Å². The molecule has 2 aromatic carbocycles. The molecule has 78 valence electrons. The number of rotatable bonds is 1. The predicted octanol–water partition coefficient (Wildman–Crippen LogP) is 1.98. The summed E-state index contributed by atoms with van der Waals surface area (Å²) in [5, 5.41) is 0.759. The van der Waals surface area contributed by atoms with Gasteiger partial charge in [0.25, 0.3) is 0 Å². The van der Waals surface area contributed by atoms with E-state index < -0.39 is 0 Å². The summed E-state index contributed by atoms with van der Waals surface area (Å²) in [6.45, 7) is 0.761. The van der Waals surface area contributed by atoms with Crippen LogP contribution in [0.1, 0.15) is 5.56 Å². The third kappa shape index (κ3) is 1.64. The number of benzene rings is 2. The van der Waals surface area contributed by atoms with Crippen LogP contribution in [0, 0.1) is 0 Å². The van der Waals surface area contributed by atoms with Crippen molar-refractivity contribution in [3.8, 4) is 0 Å². The molecular weight excluding hydrogens is 218 g/mol. The van der Waals surface area contributed by atoms with Gasteiger partial charge in [-0.15, -0.1) is 0 Å². The fourth-order valence-corrected chi connectivity index (χ4v) is 2.22. The van der Waals surface area contributed by atoms with E-state index in [0.717, 1.165) is 10.5 Å². The Hall–Kier alpha value is -1.25. The minimum atomic E-state index is 0.0634. The van der Waals surface area contributed by atoms with Crippen molar-refractivity contribution in [3.05, 3.63) is 59.1 Å². The summed E-state index contributed by atoms with van der Waals surface area (Å²) in [7, 11) is 0. The molecule has 0 unspecified atom stereocenters. The first-order valence-electron chi connectivity index (χ1n) is 5.29. The summed E-state index contributed by atoms with van der Waals surface area (Å²) >= 11 is 5.88. The van der Waals surface area contributed by atoms with Gasteiger partial charge in [-0.1, -0.05) is 48.0 Å². The predicted molar refractivity (Wildman–Crippen MR) is 67.7 cm³/mol. The van der Waals surface area contributed by atoms with E-state index in [2.05, 4.69) is 18.2 Å². The van der Waals surface area contributed by atoms with Gasteiger partial charge in [-0.3, -0.25) is 0 Å². The molecule has 1 nitrogen and oxygen atoms in total. The van der Waals surface area contributed by atoms with Gasteiger partial charge < -0.3 is 4.65 Å². The molecular formula is C13H10BClO. The molecule has 3 heteroatoms. The molecule has 0 spiro atoms. The van der Waals surface area contributed by atoms with Gasteiger partial charge in [-0.25, -0.2) is 0 Å². The Morgan fingerprint density at radius 1 is 1.00 bits per heavy atom. The molecule has 0 N–H and O–H groups in total. The average Bonchev–Trinajstić information content (AvgIpc) is 2.74. The highest BCUT2D eigenvalue weighted by atomic mass is 35.5. The van der Waals surface area contributed by atoms with E-state index in [1.165, 1.54) is 11.0 Å². The van der Waals surface area contributed by atoms with Crippen molar-refractivity contribution in [3.63, 3.8) is 0 Å². The first kappa shape index (κ1) is 9.94. The summed E-state index contributed by atoms with van der Waals surface area (Å²) in [6.07, 6.45) is 0. The minimum absolute atomic E-state index is 0.0634. The number of halogens is 1. The highest BCUT2D eigenvalue weighted by molar-refractivity contribution is 6.81.